The van der Waals surface area contributed by atoms with Crippen LogP contribution in [0.4, 0.5) is 8.78 Å². The first kappa shape index (κ1) is 17.8. The van der Waals surface area contributed by atoms with Crippen LogP contribution in [0.5, 0.6) is 5.88 Å². The van der Waals surface area contributed by atoms with E-state index in [0.29, 0.717) is 16.5 Å². The number of rotatable bonds is 5. The Balaban J connectivity index is 2.23. The summed E-state index contributed by atoms with van der Waals surface area (Å²) >= 11 is 0. The second-order valence-corrected chi connectivity index (χ2v) is 5.96. The van der Waals surface area contributed by atoms with Crippen molar-refractivity contribution in [1.82, 2.24) is 10.3 Å². The summed E-state index contributed by atoms with van der Waals surface area (Å²) in [5, 5.41) is 22.0. The van der Waals surface area contributed by atoms with Crippen LogP contribution in [0.15, 0.2) is 30.3 Å². The van der Waals surface area contributed by atoms with E-state index in [4.69, 9.17) is 5.41 Å². The first-order valence-corrected chi connectivity index (χ1v) is 7.91. The lowest BCUT2D eigenvalue weighted by Crippen LogP contribution is -2.15. The molecule has 3 aromatic rings. The molecule has 0 saturated carbocycles. The predicted octanol–water partition coefficient (Wildman–Crippen LogP) is 3.49. The summed E-state index contributed by atoms with van der Waals surface area (Å²) in [6, 6.07) is 7.06. The number of aromatic hydroxyl groups is 1. The second-order valence-electron chi connectivity index (χ2n) is 5.96. The molecule has 134 valence electrons. The van der Waals surface area contributed by atoms with Gasteiger partial charge in [0.2, 0.25) is 0 Å². The molecular formula is C19H17F2N3O2. The van der Waals surface area contributed by atoms with Gasteiger partial charge in [0.25, 0.3) is 0 Å². The molecule has 0 aliphatic rings. The fraction of sp³-hybridized carbons (Fsp3) is 0.158. The summed E-state index contributed by atoms with van der Waals surface area (Å²) in [5.74, 6) is -2.47. The van der Waals surface area contributed by atoms with Crippen molar-refractivity contribution >= 4 is 22.4 Å². The number of aromatic nitrogens is 1. The number of hydrogen-bond donors (Lipinski definition) is 4. The average Bonchev–Trinajstić information content (AvgIpc) is 2.93. The van der Waals surface area contributed by atoms with E-state index in [-0.39, 0.29) is 40.6 Å². The Hall–Kier alpha value is -3.06. The predicted molar refractivity (Wildman–Crippen MR) is 95.0 cm³/mol. The maximum atomic E-state index is 14.2. The van der Waals surface area contributed by atoms with Gasteiger partial charge < -0.3 is 15.4 Å². The van der Waals surface area contributed by atoms with Gasteiger partial charge in [-0.2, -0.15) is 0 Å². The quantitative estimate of drug-likeness (QED) is 0.416. The number of H-pyrrole nitrogens is 1. The van der Waals surface area contributed by atoms with Crippen LogP contribution in [-0.4, -0.2) is 28.6 Å². The van der Waals surface area contributed by atoms with Crippen LogP contribution in [0.25, 0.3) is 10.9 Å². The highest BCUT2D eigenvalue weighted by molar-refractivity contribution is 6.20. The van der Waals surface area contributed by atoms with Gasteiger partial charge in [-0.3, -0.25) is 10.2 Å². The molecule has 2 aromatic carbocycles. The second kappa shape index (κ2) is 6.68. The van der Waals surface area contributed by atoms with E-state index < -0.39 is 11.6 Å². The third-order valence-corrected chi connectivity index (χ3v) is 4.25. The number of fused-ring (bicyclic) bond motifs is 1. The van der Waals surface area contributed by atoms with Crippen molar-refractivity contribution in [2.24, 2.45) is 0 Å². The van der Waals surface area contributed by atoms with E-state index in [0.717, 1.165) is 6.07 Å². The van der Waals surface area contributed by atoms with Crippen molar-refractivity contribution in [2.45, 2.75) is 13.5 Å². The zero-order valence-electron chi connectivity index (χ0n) is 14.2. The van der Waals surface area contributed by atoms with E-state index >= 15 is 0 Å². The van der Waals surface area contributed by atoms with Crippen molar-refractivity contribution < 1.29 is 18.7 Å². The largest absolute Gasteiger partial charge is 0.494 e. The van der Waals surface area contributed by atoms with Gasteiger partial charge in [-0.05, 0) is 44.3 Å². The van der Waals surface area contributed by atoms with E-state index in [1.54, 1.807) is 25.2 Å². The topological polar surface area (TPSA) is 89.0 Å². The molecule has 0 saturated heterocycles. The first-order valence-electron chi connectivity index (χ1n) is 7.91. The number of ketones is 1. The highest BCUT2D eigenvalue weighted by Crippen LogP contribution is 2.32. The zero-order valence-corrected chi connectivity index (χ0v) is 14.2. The Morgan fingerprint density at radius 3 is 2.65 bits per heavy atom. The number of carbonyl (C=O) groups is 1. The fourth-order valence-electron chi connectivity index (χ4n) is 2.96. The molecule has 4 N–H and O–H groups in total. The first-order chi connectivity index (χ1) is 12.3. The number of carbonyl (C=O) groups excluding carboxylic acids is 1. The van der Waals surface area contributed by atoms with E-state index in [1.165, 1.54) is 13.0 Å². The minimum Gasteiger partial charge on any atom is -0.494 e. The van der Waals surface area contributed by atoms with Gasteiger partial charge in [0.15, 0.2) is 23.3 Å². The Labute approximate surface area is 148 Å². The van der Waals surface area contributed by atoms with Crippen molar-refractivity contribution in [3.05, 3.63) is 64.2 Å². The van der Waals surface area contributed by atoms with Crippen LogP contribution >= 0.6 is 0 Å². The molecular weight excluding hydrogens is 340 g/mol. The van der Waals surface area contributed by atoms with Gasteiger partial charge in [-0.25, -0.2) is 8.78 Å². The van der Waals surface area contributed by atoms with Crippen LogP contribution < -0.4 is 5.32 Å². The Kier molecular flexibility index (Phi) is 4.56. The molecule has 0 spiro atoms. The maximum Gasteiger partial charge on any atom is 0.199 e. The summed E-state index contributed by atoms with van der Waals surface area (Å²) in [5.41, 5.74) is 1.07. The number of halogens is 2. The highest BCUT2D eigenvalue weighted by Gasteiger charge is 2.22. The molecule has 0 aliphatic carbocycles. The fourth-order valence-corrected chi connectivity index (χ4v) is 2.96. The number of Topliss-reactive ketones (excluding diaryl/α,β-unsaturated/α-hetero) is 1. The van der Waals surface area contributed by atoms with Crippen LogP contribution in [0.1, 0.15) is 34.0 Å². The average molecular weight is 357 g/mol. The normalized spacial score (nSPS) is 11.1. The molecule has 5 nitrogen and oxygen atoms in total. The molecule has 0 fully saturated rings. The summed E-state index contributed by atoms with van der Waals surface area (Å²) in [7, 11) is 1.58. The lowest BCUT2D eigenvalue weighted by molar-refractivity contribution is 0.101. The summed E-state index contributed by atoms with van der Waals surface area (Å²) in [4.78, 5) is 14.4. The molecule has 0 amide bonds. The van der Waals surface area contributed by atoms with E-state index in [9.17, 15) is 18.7 Å². The third kappa shape index (κ3) is 2.86. The van der Waals surface area contributed by atoms with Crippen molar-refractivity contribution in [2.75, 3.05) is 7.05 Å². The Bertz CT molecular complexity index is 1040. The third-order valence-electron chi connectivity index (χ3n) is 4.25. The molecule has 0 radical (unpaired) electrons. The number of aromatic amines is 1. The van der Waals surface area contributed by atoms with Gasteiger partial charge >= 0.3 is 0 Å². The van der Waals surface area contributed by atoms with Crippen molar-refractivity contribution in [1.29, 1.82) is 5.41 Å². The molecule has 0 unspecified atom stereocenters. The zero-order chi connectivity index (χ0) is 19.0. The van der Waals surface area contributed by atoms with Crippen molar-refractivity contribution in [3.8, 4) is 5.88 Å². The standard InChI is InChI=1S/C19H17F2N3O2/c1-9(25)10-3-6-15-12(7-10)16(19(26)24-15)18(22)11-4-5-14(20)17(21)13(11)8-23-2/h3-7,22-24,26H,8H2,1-2H3. The van der Waals surface area contributed by atoms with Gasteiger partial charge in [0.1, 0.15) is 0 Å². The number of benzene rings is 2. The van der Waals surface area contributed by atoms with E-state index in [1.807, 2.05) is 0 Å². The minimum atomic E-state index is -1.04. The van der Waals surface area contributed by atoms with Crippen LogP contribution in [-0.2, 0) is 6.54 Å². The molecule has 0 atom stereocenters. The Morgan fingerprint density at radius 2 is 2.00 bits per heavy atom. The smallest absolute Gasteiger partial charge is 0.199 e. The lowest BCUT2D eigenvalue weighted by Gasteiger charge is -2.12. The molecule has 0 bridgehead atoms. The Morgan fingerprint density at radius 1 is 1.27 bits per heavy atom. The molecule has 3 rings (SSSR count). The minimum absolute atomic E-state index is 0.00558. The SMILES string of the molecule is CNCc1c(C(=N)c2c(O)[nH]c3ccc(C(C)=O)cc23)ccc(F)c1F. The summed E-state index contributed by atoms with van der Waals surface area (Å²) < 4.78 is 27.8. The maximum absolute atomic E-state index is 14.2. The van der Waals surface area contributed by atoms with Crippen LogP contribution in [0.2, 0.25) is 0 Å². The lowest BCUT2D eigenvalue weighted by atomic mass is 9.95. The molecule has 1 heterocycles. The monoisotopic (exact) mass is 357 g/mol. The van der Waals surface area contributed by atoms with Gasteiger partial charge in [-0.1, -0.05) is 0 Å². The molecule has 1 aromatic heterocycles. The van der Waals surface area contributed by atoms with Crippen LogP contribution in [0.3, 0.4) is 0 Å². The molecule has 7 heteroatoms. The summed E-state index contributed by atoms with van der Waals surface area (Å²) in [6.45, 7) is 1.43. The number of nitrogens with one attached hydrogen (secondary N) is 3. The highest BCUT2D eigenvalue weighted by atomic mass is 19.2. The van der Waals surface area contributed by atoms with Gasteiger partial charge in [-0.15, -0.1) is 0 Å². The summed E-state index contributed by atoms with van der Waals surface area (Å²) in [6.07, 6.45) is 0. The van der Waals surface area contributed by atoms with Gasteiger partial charge in [0.05, 0.1) is 11.3 Å². The van der Waals surface area contributed by atoms with Crippen molar-refractivity contribution in [3.63, 3.8) is 0 Å². The molecule has 26 heavy (non-hydrogen) atoms. The van der Waals surface area contributed by atoms with Crippen LogP contribution in [0, 0.1) is 17.0 Å². The number of hydrogen-bond acceptors (Lipinski definition) is 4. The van der Waals surface area contributed by atoms with Gasteiger partial charge in [0, 0.05) is 34.1 Å². The van der Waals surface area contributed by atoms with E-state index in [2.05, 4.69) is 10.3 Å². The molecule has 0 aliphatic heterocycles.